The van der Waals surface area contributed by atoms with Crippen LogP contribution in [0.3, 0.4) is 0 Å². The van der Waals surface area contributed by atoms with Crippen LogP contribution in [0.25, 0.3) is 0 Å². The quantitative estimate of drug-likeness (QED) is 0.398. The minimum Gasteiger partial charge on any atom is -0.272 e. The van der Waals surface area contributed by atoms with E-state index in [1.165, 1.54) is 18.0 Å². The van der Waals surface area contributed by atoms with Gasteiger partial charge in [-0.2, -0.15) is 5.10 Å². The molecular formula is C13H11ClN4OS. The molecule has 0 aliphatic carbocycles. The number of carbonyl (C=O) groups excluding carboxylic acids is 1. The molecule has 0 fully saturated rings. The Morgan fingerprint density at radius 1 is 1.30 bits per heavy atom. The topological polar surface area (TPSA) is 67.2 Å². The molecule has 0 aliphatic heterocycles. The van der Waals surface area contributed by atoms with Gasteiger partial charge >= 0.3 is 0 Å². The number of aromatic nitrogens is 2. The van der Waals surface area contributed by atoms with Crippen LogP contribution in [0.15, 0.2) is 53.0 Å². The Kier molecular flexibility index (Phi) is 5.52. The highest BCUT2D eigenvalue weighted by Gasteiger charge is 2.03. The van der Waals surface area contributed by atoms with Crippen molar-refractivity contribution in [3.05, 3.63) is 53.3 Å². The van der Waals surface area contributed by atoms with Crippen molar-refractivity contribution in [3.63, 3.8) is 0 Å². The number of benzene rings is 1. The second kappa shape index (κ2) is 7.62. The van der Waals surface area contributed by atoms with Gasteiger partial charge in [-0.1, -0.05) is 41.6 Å². The van der Waals surface area contributed by atoms with Crippen molar-refractivity contribution >= 4 is 35.5 Å². The summed E-state index contributed by atoms with van der Waals surface area (Å²) in [6, 6.07) is 8.96. The molecule has 2 aromatic rings. The molecule has 0 radical (unpaired) electrons. The van der Waals surface area contributed by atoms with Crippen molar-refractivity contribution in [1.29, 1.82) is 0 Å². The molecular weight excluding hydrogens is 296 g/mol. The van der Waals surface area contributed by atoms with Gasteiger partial charge in [-0.05, 0) is 12.1 Å². The third-order valence-electron chi connectivity index (χ3n) is 2.17. The number of rotatable bonds is 5. The van der Waals surface area contributed by atoms with Gasteiger partial charge in [-0.25, -0.2) is 15.4 Å². The van der Waals surface area contributed by atoms with Crippen molar-refractivity contribution in [1.82, 2.24) is 15.4 Å². The number of halogens is 1. The van der Waals surface area contributed by atoms with Crippen molar-refractivity contribution in [2.24, 2.45) is 5.10 Å². The van der Waals surface area contributed by atoms with Crippen molar-refractivity contribution in [2.45, 2.75) is 5.16 Å². The van der Waals surface area contributed by atoms with Crippen LogP contribution >= 0.6 is 23.4 Å². The van der Waals surface area contributed by atoms with E-state index in [0.717, 1.165) is 5.56 Å². The van der Waals surface area contributed by atoms with Crippen LogP contribution in [0.1, 0.15) is 5.56 Å². The Bertz CT molecular complexity index is 606. The monoisotopic (exact) mass is 306 g/mol. The summed E-state index contributed by atoms with van der Waals surface area (Å²) in [5.41, 5.74) is 3.17. The summed E-state index contributed by atoms with van der Waals surface area (Å²) >= 11 is 7.20. The fourth-order valence-electron chi connectivity index (χ4n) is 1.28. The van der Waals surface area contributed by atoms with Crippen LogP contribution in [-0.4, -0.2) is 27.8 Å². The number of hydrazone groups is 1. The molecule has 2 rings (SSSR count). The highest BCUT2D eigenvalue weighted by Crippen LogP contribution is 2.12. The molecule has 0 unspecified atom stereocenters. The Morgan fingerprint density at radius 3 is 2.80 bits per heavy atom. The summed E-state index contributed by atoms with van der Waals surface area (Å²) in [7, 11) is 0. The molecule has 1 N–H and O–H groups in total. The number of nitrogens with zero attached hydrogens (tertiary/aromatic N) is 3. The molecule has 1 aromatic carbocycles. The van der Waals surface area contributed by atoms with E-state index < -0.39 is 0 Å². The minimum absolute atomic E-state index is 0.198. The van der Waals surface area contributed by atoms with Gasteiger partial charge in [-0.3, -0.25) is 4.79 Å². The van der Waals surface area contributed by atoms with E-state index in [4.69, 9.17) is 11.6 Å². The van der Waals surface area contributed by atoms with E-state index in [9.17, 15) is 4.79 Å². The second-order valence-electron chi connectivity index (χ2n) is 3.63. The Morgan fingerprint density at radius 2 is 2.05 bits per heavy atom. The smallest absolute Gasteiger partial charge is 0.250 e. The predicted octanol–water partition coefficient (Wildman–Crippen LogP) is 2.37. The molecule has 0 saturated carbocycles. The minimum atomic E-state index is -0.231. The molecule has 0 spiro atoms. The van der Waals surface area contributed by atoms with E-state index >= 15 is 0 Å². The second-order valence-corrected chi connectivity index (χ2v) is 4.98. The maximum absolute atomic E-state index is 11.6. The standard InChI is InChI=1S/C13H11ClN4OS/c14-11-5-2-1-4-10(11)8-17-18-12(19)9-20-13-15-6-3-7-16-13/h1-8H,9H2,(H,18,19). The first kappa shape index (κ1) is 14.5. The molecule has 5 nitrogen and oxygen atoms in total. The van der Waals surface area contributed by atoms with Gasteiger partial charge < -0.3 is 0 Å². The lowest BCUT2D eigenvalue weighted by atomic mass is 10.2. The number of amides is 1. The first-order valence-electron chi connectivity index (χ1n) is 5.72. The molecule has 20 heavy (non-hydrogen) atoms. The highest BCUT2D eigenvalue weighted by atomic mass is 35.5. The zero-order valence-corrected chi connectivity index (χ0v) is 11.9. The van der Waals surface area contributed by atoms with E-state index in [2.05, 4.69) is 20.5 Å². The summed E-state index contributed by atoms with van der Waals surface area (Å²) in [5.74, 6) is -0.0325. The summed E-state index contributed by atoms with van der Waals surface area (Å²) < 4.78 is 0. The Hall–Kier alpha value is -1.92. The molecule has 1 amide bonds. The summed E-state index contributed by atoms with van der Waals surface area (Å²) in [5, 5.41) is 4.99. The maximum Gasteiger partial charge on any atom is 0.250 e. The molecule has 102 valence electrons. The first-order valence-corrected chi connectivity index (χ1v) is 7.08. The summed E-state index contributed by atoms with van der Waals surface area (Å²) in [6.07, 6.45) is 4.76. The zero-order valence-electron chi connectivity index (χ0n) is 10.4. The van der Waals surface area contributed by atoms with Crippen molar-refractivity contribution in [3.8, 4) is 0 Å². The average molecular weight is 307 g/mol. The Balaban J connectivity index is 1.79. The number of nitrogens with one attached hydrogen (secondary N) is 1. The van der Waals surface area contributed by atoms with E-state index in [0.29, 0.717) is 10.2 Å². The third kappa shape index (κ3) is 4.64. The molecule has 0 aliphatic rings. The number of carbonyl (C=O) groups is 1. The molecule has 1 aromatic heterocycles. The zero-order chi connectivity index (χ0) is 14.2. The third-order valence-corrected chi connectivity index (χ3v) is 3.39. The molecule has 0 bridgehead atoms. The SMILES string of the molecule is O=C(CSc1ncccn1)NN=Cc1ccccc1Cl. The van der Waals surface area contributed by atoms with Gasteiger partial charge in [0, 0.05) is 23.0 Å². The molecule has 0 atom stereocenters. The number of hydrogen-bond acceptors (Lipinski definition) is 5. The lowest BCUT2D eigenvalue weighted by Crippen LogP contribution is -2.19. The Labute approximate surface area is 125 Å². The van der Waals surface area contributed by atoms with Gasteiger partial charge in [0.2, 0.25) is 0 Å². The van der Waals surface area contributed by atoms with Crippen LogP contribution < -0.4 is 5.43 Å². The van der Waals surface area contributed by atoms with Crippen LogP contribution in [0.4, 0.5) is 0 Å². The van der Waals surface area contributed by atoms with E-state index in [-0.39, 0.29) is 11.7 Å². The largest absolute Gasteiger partial charge is 0.272 e. The lowest BCUT2D eigenvalue weighted by Gasteiger charge is -1.99. The maximum atomic E-state index is 11.6. The number of thioether (sulfide) groups is 1. The van der Waals surface area contributed by atoms with Gasteiger partial charge in [-0.15, -0.1) is 0 Å². The van der Waals surface area contributed by atoms with Crippen molar-refractivity contribution in [2.75, 3.05) is 5.75 Å². The lowest BCUT2D eigenvalue weighted by molar-refractivity contribution is -0.118. The van der Waals surface area contributed by atoms with E-state index in [1.807, 2.05) is 18.2 Å². The van der Waals surface area contributed by atoms with Gasteiger partial charge in [0.15, 0.2) is 5.16 Å². The van der Waals surface area contributed by atoms with Crippen LogP contribution in [0.2, 0.25) is 5.02 Å². The normalized spacial score (nSPS) is 10.7. The van der Waals surface area contributed by atoms with Gasteiger partial charge in [0.1, 0.15) is 0 Å². The molecule has 1 heterocycles. The fraction of sp³-hybridized carbons (Fsp3) is 0.0769. The van der Waals surface area contributed by atoms with Crippen LogP contribution in [0.5, 0.6) is 0 Å². The van der Waals surface area contributed by atoms with Crippen LogP contribution in [-0.2, 0) is 4.79 Å². The van der Waals surface area contributed by atoms with E-state index in [1.54, 1.807) is 24.5 Å². The fourth-order valence-corrected chi connectivity index (χ4v) is 2.06. The van der Waals surface area contributed by atoms with Gasteiger partial charge in [0.25, 0.3) is 5.91 Å². The highest BCUT2D eigenvalue weighted by molar-refractivity contribution is 7.99. The first-order chi connectivity index (χ1) is 9.75. The summed E-state index contributed by atoms with van der Waals surface area (Å²) in [4.78, 5) is 19.6. The average Bonchev–Trinajstić information content (AvgIpc) is 2.48. The van der Waals surface area contributed by atoms with Crippen LogP contribution in [0, 0.1) is 0 Å². The van der Waals surface area contributed by atoms with Crippen molar-refractivity contribution < 1.29 is 4.79 Å². The molecule has 0 saturated heterocycles. The van der Waals surface area contributed by atoms with Gasteiger partial charge in [0.05, 0.1) is 12.0 Å². The molecule has 7 heteroatoms. The number of hydrogen-bond donors (Lipinski definition) is 1. The predicted molar refractivity (Wildman–Crippen MR) is 79.9 cm³/mol. The summed E-state index contributed by atoms with van der Waals surface area (Å²) in [6.45, 7) is 0.